The van der Waals surface area contributed by atoms with Crippen molar-refractivity contribution in [3.8, 4) is 5.75 Å². The number of esters is 1. The second-order valence-corrected chi connectivity index (χ2v) is 8.41. The van der Waals surface area contributed by atoms with E-state index in [1.165, 1.54) is 12.5 Å². The Balaban J connectivity index is 1.35. The second-order valence-electron chi connectivity index (χ2n) is 7.97. The summed E-state index contributed by atoms with van der Waals surface area (Å²) >= 11 is 5.96. The van der Waals surface area contributed by atoms with E-state index in [1.807, 2.05) is 78.9 Å². The van der Waals surface area contributed by atoms with Gasteiger partial charge in [-0.2, -0.15) is 0 Å². The number of hydrogen-bond acceptors (Lipinski definition) is 4. The zero-order valence-electron chi connectivity index (χ0n) is 18.5. The number of carbonyl (C=O) groups excluding carboxylic acids is 1. The molecule has 0 aliphatic carbocycles. The van der Waals surface area contributed by atoms with Gasteiger partial charge in [0.1, 0.15) is 18.5 Å². The van der Waals surface area contributed by atoms with Crippen LogP contribution in [0.3, 0.4) is 0 Å². The molecule has 1 unspecified atom stereocenters. The van der Waals surface area contributed by atoms with Crippen molar-refractivity contribution >= 4 is 28.5 Å². The number of nitrogens with zero attached hydrogens (tertiary/aromatic N) is 1. The molecule has 0 fully saturated rings. The van der Waals surface area contributed by atoms with Crippen LogP contribution in [0.5, 0.6) is 5.75 Å². The number of halogens is 1. The number of fused-ring (bicyclic) bond motifs is 1. The average Bonchev–Trinajstić information content (AvgIpc) is 2.83. The van der Waals surface area contributed by atoms with Gasteiger partial charge in [0.2, 0.25) is 0 Å². The van der Waals surface area contributed by atoms with Crippen LogP contribution in [0.2, 0.25) is 5.02 Å². The van der Waals surface area contributed by atoms with Gasteiger partial charge in [-0.3, -0.25) is 4.79 Å². The Morgan fingerprint density at radius 1 is 0.939 bits per heavy atom. The molecule has 4 aromatic rings. The van der Waals surface area contributed by atoms with Gasteiger partial charge in [-0.05, 0) is 66.8 Å². The van der Waals surface area contributed by atoms with Gasteiger partial charge >= 0.3 is 5.97 Å². The number of aryl methyl sites for hydroxylation is 1. The van der Waals surface area contributed by atoms with Gasteiger partial charge in [0.15, 0.2) is 0 Å². The molecule has 0 amide bonds. The van der Waals surface area contributed by atoms with E-state index in [0.29, 0.717) is 6.61 Å². The molecule has 33 heavy (non-hydrogen) atoms. The lowest BCUT2D eigenvalue weighted by atomic mass is 10.0. The van der Waals surface area contributed by atoms with Crippen LogP contribution in [0.25, 0.3) is 10.9 Å². The Hall–Kier alpha value is -3.37. The number of pyridine rings is 1. The molecule has 3 aromatic carbocycles. The molecule has 4 rings (SSSR count). The van der Waals surface area contributed by atoms with E-state index in [2.05, 4.69) is 11.1 Å². The van der Waals surface area contributed by atoms with E-state index in [0.717, 1.165) is 52.2 Å². The molecule has 0 aliphatic heterocycles. The maximum absolute atomic E-state index is 11.6. The number of rotatable bonds is 9. The lowest BCUT2D eigenvalue weighted by Gasteiger charge is -2.18. The van der Waals surface area contributed by atoms with E-state index < -0.39 is 0 Å². The molecular weight excluding hydrogens is 434 g/mol. The Labute approximate surface area is 199 Å². The summed E-state index contributed by atoms with van der Waals surface area (Å²) in [6.07, 6.45) is 2.25. The van der Waals surface area contributed by atoms with Gasteiger partial charge in [0.25, 0.3) is 0 Å². The predicted octanol–water partition coefficient (Wildman–Crippen LogP) is 7.09. The molecule has 0 bridgehead atoms. The maximum atomic E-state index is 11.6. The first-order chi connectivity index (χ1) is 16.1. The van der Waals surface area contributed by atoms with Crippen molar-refractivity contribution in [1.82, 2.24) is 4.98 Å². The van der Waals surface area contributed by atoms with Crippen LogP contribution < -0.4 is 4.74 Å². The number of ether oxygens (including phenoxy) is 2. The third-order valence-electron chi connectivity index (χ3n) is 5.45. The van der Waals surface area contributed by atoms with Gasteiger partial charge in [-0.1, -0.05) is 60.1 Å². The van der Waals surface area contributed by atoms with Crippen molar-refractivity contribution in [3.63, 3.8) is 0 Å². The second kappa shape index (κ2) is 11.0. The van der Waals surface area contributed by atoms with Gasteiger partial charge in [-0.15, -0.1) is 0 Å². The van der Waals surface area contributed by atoms with Crippen LogP contribution in [-0.2, 0) is 22.6 Å². The quantitative estimate of drug-likeness (QED) is 0.250. The molecule has 0 saturated heterocycles. The fourth-order valence-corrected chi connectivity index (χ4v) is 3.89. The molecule has 5 heteroatoms. The smallest absolute Gasteiger partial charge is 0.303 e. The average molecular weight is 460 g/mol. The minimum Gasteiger partial charge on any atom is -0.487 e. The third-order valence-corrected chi connectivity index (χ3v) is 5.70. The summed E-state index contributed by atoms with van der Waals surface area (Å²) in [4.78, 5) is 16.3. The van der Waals surface area contributed by atoms with Gasteiger partial charge < -0.3 is 9.47 Å². The summed E-state index contributed by atoms with van der Waals surface area (Å²) < 4.78 is 11.5. The summed E-state index contributed by atoms with van der Waals surface area (Å²) in [5.74, 6) is 0.464. The normalized spacial score (nSPS) is 11.8. The zero-order chi connectivity index (χ0) is 23.0. The number of carbonyl (C=O) groups is 1. The van der Waals surface area contributed by atoms with Crippen molar-refractivity contribution in [2.24, 2.45) is 0 Å². The van der Waals surface area contributed by atoms with Gasteiger partial charge in [-0.25, -0.2) is 4.98 Å². The number of hydrogen-bond donors (Lipinski definition) is 0. The topological polar surface area (TPSA) is 48.4 Å². The summed E-state index contributed by atoms with van der Waals surface area (Å²) in [5, 5.41) is 1.84. The first-order valence-corrected chi connectivity index (χ1v) is 11.4. The fourth-order valence-electron chi connectivity index (χ4n) is 3.76. The number of benzene rings is 3. The molecule has 0 saturated carbocycles. The highest BCUT2D eigenvalue weighted by Gasteiger charge is 2.15. The molecule has 1 atom stereocenters. The summed E-state index contributed by atoms with van der Waals surface area (Å²) in [6.45, 7) is 1.83. The monoisotopic (exact) mass is 459 g/mol. The molecule has 1 aromatic heterocycles. The summed E-state index contributed by atoms with van der Waals surface area (Å²) in [6, 6.07) is 27.6. The number of aromatic nitrogens is 1. The number of para-hydroxylation sites is 1. The van der Waals surface area contributed by atoms with Crippen LogP contribution in [0.4, 0.5) is 0 Å². The SMILES string of the molecule is CC(=O)OC(CCCc1ccc(Cl)cc1)c1ccc(OCc2ccc3ccccc3n2)cc1. The van der Waals surface area contributed by atoms with Gasteiger partial charge in [0.05, 0.1) is 11.2 Å². The zero-order valence-corrected chi connectivity index (χ0v) is 19.3. The molecule has 168 valence electrons. The summed E-state index contributed by atoms with van der Waals surface area (Å²) in [5.41, 5.74) is 4.00. The first kappa shape index (κ1) is 22.8. The van der Waals surface area contributed by atoms with Crippen molar-refractivity contribution < 1.29 is 14.3 Å². The standard InChI is InChI=1S/C28H26ClNO3/c1-20(31)33-28(8-4-5-21-9-14-24(29)15-10-21)23-12-17-26(18-13-23)32-19-25-16-11-22-6-2-3-7-27(22)30-25/h2-3,6-7,9-18,28H,4-5,8,19H2,1H3. The summed E-state index contributed by atoms with van der Waals surface area (Å²) in [7, 11) is 0. The van der Waals surface area contributed by atoms with E-state index in [9.17, 15) is 4.79 Å². The van der Waals surface area contributed by atoms with E-state index in [1.54, 1.807) is 0 Å². The van der Waals surface area contributed by atoms with Crippen LogP contribution >= 0.6 is 11.6 Å². The molecule has 0 radical (unpaired) electrons. The van der Waals surface area contributed by atoms with E-state index >= 15 is 0 Å². The predicted molar refractivity (Wildman–Crippen MR) is 131 cm³/mol. The fraction of sp³-hybridized carbons (Fsp3) is 0.214. The van der Waals surface area contributed by atoms with Crippen LogP contribution in [0.1, 0.15) is 42.7 Å². The highest BCUT2D eigenvalue weighted by Crippen LogP contribution is 2.26. The van der Waals surface area contributed by atoms with Gasteiger partial charge in [0, 0.05) is 17.3 Å². The third kappa shape index (κ3) is 6.56. The van der Waals surface area contributed by atoms with Crippen LogP contribution in [0.15, 0.2) is 84.9 Å². The molecule has 1 heterocycles. The minimum absolute atomic E-state index is 0.283. The highest BCUT2D eigenvalue weighted by molar-refractivity contribution is 6.30. The Kier molecular flexibility index (Phi) is 7.59. The van der Waals surface area contributed by atoms with Crippen molar-refractivity contribution in [1.29, 1.82) is 0 Å². The van der Waals surface area contributed by atoms with Crippen LogP contribution in [0, 0.1) is 0 Å². The van der Waals surface area contributed by atoms with Crippen LogP contribution in [-0.4, -0.2) is 11.0 Å². The molecule has 0 aliphatic rings. The Bertz CT molecular complexity index is 1210. The van der Waals surface area contributed by atoms with E-state index in [4.69, 9.17) is 21.1 Å². The molecule has 4 nitrogen and oxygen atoms in total. The Morgan fingerprint density at radius 2 is 1.70 bits per heavy atom. The highest BCUT2D eigenvalue weighted by atomic mass is 35.5. The largest absolute Gasteiger partial charge is 0.487 e. The minimum atomic E-state index is -0.286. The molecular formula is C28H26ClNO3. The van der Waals surface area contributed by atoms with Crippen molar-refractivity contribution in [2.75, 3.05) is 0 Å². The Morgan fingerprint density at radius 3 is 2.45 bits per heavy atom. The maximum Gasteiger partial charge on any atom is 0.303 e. The van der Waals surface area contributed by atoms with E-state index in [-0.39, 0.29) is 12.1 Å². The van der Waals surface area contributed by atoms with Crippen molar-refractivity contribution in [2.45, 2.75) is 38.9 Å². The molecule has 0 N–H and O–H groups in total. The lowest BCUT2D eigenvalue weighted by Crippen LogP contribution is -2.09. The van der Waals surface area contributed by atoms with Crippen molar-refractivity contribution in [3.05, 3.63) is 107 Å². The lowest BCUT2D eigenvalue weighted by molar-refractivity contribution is -0.147. The first-order valence-electron chi connectivity index (χ1n) is 11.1. The molecule has 0 spiro atoms.